The summed E-state index contributed by atoms with van der Waals surface area (Å²) >= 11 is 7.06. The molecule has 0 bridgehead atoms. The molecule has 0 aliphatic rings. The Morgan fingerprint density at radius 2 is 2.53 bits per heavy atom. The van der Waals surface area contributed by atoms with Gasteiger partial charge in [-0.15, -0.1) is 0 Å². The SMILES string of the molecule is CN=C(NC#N)NCCN(C)c1cc(Cl)sn1. The minimum absolute atomic E-state index is 0.456. The van der Waals surface area contributed by atoms with Crippen LogP contribution in [0.25, 0.3) is 0 Å². The third kappa shape index (κ3) is 4.46. The Morgan fingerprint density at radius 1 is 1.76 bits per heavy atom. The summed E-state index contributed by atoms with van der Waals surface area (Å²) in [5.74, 6) is 1.29. The van der Waals surface area contributed by atoms with Crippen LogP contribution in [0.2, 0.25) is 4.34 Å². The molecule has 6 nitrogen and oxygen atoms in total. The molecule has 0 aliphatic carbocycles. The summed E-state index contributed by atoms with van der Waals surface area (Å²) < 4.78 is 4.85. The molecule has 0 unspecified atom stereocenters. The van der Waals surface area contributed by atoms with E-state index in [1.54, 1.807) is 13.2 Å². The molecule has 0 saturated carbocycles. The van der Waals surface area contributed by atoms with Crippen molar-refractivity contribution >= 4 is 34.9 Å². The smallest absolute Gasteiger partial charge is 0.204 e. The van der Waals surface area contributed by atoms with Crippen LogP contribution in [0.4, 0.5) is 5.82 Å². The summed E-state index contributed by atoms with van der Waals surface area (Å²) in [7, 11) is 3.53. The third-order valence-corrected chi connectivity index (χ3v) is 2.88. The van der Waals surface area contributed by atoms with Crippen LogP contribution in [0.5, 0.6) is 0 Å². The average Bonchev–Trinajstić information content (AvgIpc) is 2.74. The quantitative estimate of drug-likeness (QED) is 0.368. The second-order valence-electron chi connectivity index (χ2n) is 3.15. The van der Waals surface area contributed by atoms with Crippen molar-refractivity contribution < 1.29 is 0 Å². The molecule has 0 atom stereocenters. The van der Waals surface area contributed by atoms with Gasteiger partial charge in [-0.25, -0.2) is 0 Å². The maximum atomic E-state index is 8.44. The van der Waals surface area contributed by atoms with E-state index < -0.39 is 0 Å². The summed E-state index contributed by atoms with van der Waals surface area (Å²) in [6.07, 6.45) is 1.81. The first-order valence-corrected chi connectivity index (χ1v) is 6.01. The van der Waals surface area contributed by atoms with Crippen LogP contribution in [-0.2, 0) is 0 Å². The van der Waals surface area contributed by atoms with Crippen molar-refractivity contribution in [2.75, 3.05) is 32.1 Å². The Balaban J connectivity index is 2.34. The van der Waals surface area contributed by atoms with Crippen LogP contribution in [0.15, 0.2) is 11.1 Å². The van der Waals surface area contributed by atoms with Crippen LogP contribution in [0.3, 0.4) is 0 Å². The van der Waals surface area contributed by atoms with E-state index in [1.807, 2.05) is 18.0 Å². The predicted molar refractivity (Wildman–Crippen MR) is 70.5 cm³/mol. The van der Waals surface area contributed by atoms with Crippen LogP contribution in [0.1, 0.15) is 0 Å². The highest BCUT2D eigenvalue weighted by Crippen LogP contribution is 2.21. The molecule has 0 fully saturated rings. The Kier molecular flexibility index (Phi) is 5.52. The highest BCUT2D eigenvalue weighted by molar-refractivity contribution is 7.10. The average molecular weight is 273 g/mol. The summed E-state index contributed by atoms with van der Waals surface area (Å²) in [5, 5.41) is 13.9. The largest absolute Gasteiger partial charge is 0.357 e. The van der Waals surface area contributed by atoms with Crippen LogP contribution < -0.4 is 15.5 Å². The molecule has 8 heteroatoms. The van der Waals surface area contributed by atoms with Crippen molar-refractivity contribution in [1.82, 2.24) is 15.0 Å². The van der Waals surface area contributed by atoms with E-state index in [9.17, 15) is 0 Å². The van der Waals surface area contributed by atoms with E-state index >= 15 is 0 Å². The Bertz CT molecular complexity index is 423. The molecule has 1 aromatic heterocycles. The van der Waals surface area contributed by atoms with E-state index in [0.29, 0.717) is 16.8 Å². The molecule has 0 radical (unpaired) electrons. The van der Waals surface area contributed by atoms with E-state index in [2.05, 4.69) is 20.0 Å². The number of hydrogen-bond acceptors (Lipinski definition) is 5. The fourth-order valence-electron chi connectivity index (χ4n) is 1.11. The fourth-order valence-corrected chi connectivity index (χ4v) is 1.85. The number of nitrogens with one attached hydrogen (secondary N) is 2. The van der Waals surface area contributed by atoms with Gasteiger partial charge in [-0.1, -0.05) is 11.6 Å². The number of hydrogen-bond donors (Lipinski definition) is 2. The second kappa shape index (κ2) is 6.93. The molecule has 2 N–H and O–H groups in total. The van der Waals surface area contributed by atoms with Gasteiger partial charge in [0.2, 0.25) is 5.96 Å². The Morgan fingerprint density at radius 3 is 3.06 bits per heavy atom. The topological polar surface area (TPSA) is 76.3 Å². The summed E-state index contributed by atoms with van der Waals surface area (Å²) in [5.41, 5.74) is 0. The zero-order chi connectivity index (χ0) is 12.7. The number of guanidine groups is 1. The maximum absolute atomic E-state index is 8.44. The summed E-state index contributed by atoms with van der Waals surface area (Å²) in [6, 6.07) is 1.81. The van der Waals surface area contributed by atoms with Crippen molar-refractivity contribution in [2.24, 2.45) is 4.99 Å². The highest BCUT2D eigenvalue weighted by Gasteiger charge is 2.05. The number of rotatable bonds is 4. The molecular weight excluding hydrogens is 260 g/mol. The molecule has 17 heavy (non-hydrogen) atoms. The van der Waals surface area contributed by atoms with Crippen LogP contribution in [-0.4, -0.2) is 37.5 Å². The normalized spacial score (nSPS) is 10.8. The van der Waals surface area contributed by atoms with Crippen molar-refractivity contribution in [2.45, 2.75) is 0 Å². The van der Waals surface area contributed by atoms with Gasteiger partial charge in [0.25, 0.3) is 0 Å². The van der Waals surface area contributed by atoms with E-state index in [0.717, 1.165) is 12.4 Å². The van der Waals surface area contributed by atoms with Gasteiger partial charge in [-0.2, -0.15) is 9.64 Å². The predicted octanol–water partition coefficient (Wildman–Crippen LogP) is 0.879. The molecule has 1 rings (SSSR count). The van der Waals surface area contributed by atoms with Crippen molar-refractivity contribution in [1.29, 1.82) is 5.26 Å². The van der Waals surface area contributed by atoms with Gasteiger partial charge >= 0.3 is 0 Å². The lowest BCUT2D eigenvalue weighted by Gasteiger charge is -2.16. The third-order valence-electron chi connectivity index (χ3n) is 2.00. The number of halogens is 1. The van der Waals surface area contributed by atoms with Crippen LogP contribution in [0, 0.1) is 11.5 Å². The zero-order valence-electron chi connectivity index (χ0n) is 9.57. The standard InChI is InChI=1S/C9H13ClN6S/c1-12-9(14-6-11)13-3-4-16(2)8-5-7(10)17-15-8/h5H,3-4H2,1-2H3,(H2,12,13,14). The van der Waals surface area contributed by atoms with Crippen molar-refractivity contribution in [3.8, 4) is 6.19 Å². The van der Waals surface area contributed by atoms with Gasteiger partial charge < -0.3 is 10.2 Å². The van der Waals surface area contributed by atoms with Gasteiger partial charge in [0.15, 0.2) is 6.19 Å². The molecule has 92 valence electrons. The molecule has 0 amide bonds. The molecule has 0 aliphatic heterocycles. The van der Waals surface area contributed by atoms with Gasteiger partial charge in [0, 0.05) is 33.3 Å². The molecule has 0 spiro atoms. The number of nitriles is 1. The lowest BCUT2D eigenvalue weighted by atomic mass is 10.5. The minimum atomic E-state index is 0.456. The molecular formula is C9H13ClN6S. The first-order valence-electron chi connectivity index (χ1n) is 4.86. The monoisotopic (exact) mass is 272 g/mol. The lowest BCUT2D eigenvalue weighted by Crippen LogP contribution is -2.39. The first kappa shape index (κ1) is 13.5. The number of aromatic nitrogens is 1. The molecule has 1 heterocycles. The van der Waals surface area contributed by atoms with Crippen molar-refractivity contribution in [3.63, 3.8) is 0 Å². The molecule has 0 saturated heterocycles. The Hall–Kier alpha value is -1.52. The number of anilines is 1. The summed E-state index contributed by atoms with van der Waals surface area (Å²) in [6.45, 7) is 1.37. The second-order valence-corrected chi connectivity index (χ2v) is 4.58. The van der Waals surface area contributed by atoms with Crippen LogP contribution >= 0.6 is 23.1 Å². The van der Waals surface area contributed by atoms with Gasteiger partial charge in [-0.05, 0) is 11.5 Å². The minimum Gasteiger partial charge on any atom is -0.357 e. The number of aliphatic imine (C=N–C) groups is 1. The van der Waals surface area contributed by atoms with E-state index in [1.165, 1.54) is 11.5 Å². The fraction of sp³-hybridized carbons (Fsp3) is 0.444. The zero-order valence-corrected chi connectivity index (χ0v) is 11.1. The molecule has 1 aromatic rings. The molecule has 0 aromatic carbocycles. The van der Waals surface area contributed by atoms with Gasteiger partial charge in [0.05, 0.1) is 0 Å². The van der Waals surface area contributed by atoms with E-state index in [4.69, 9.17) is 16.9 Å². The first-order chi connectivity index (χ1) is 8.17. The van der Waals surface area contributed by atoms with Gasteiger partial charge in [0.1, 0.15) is 10.2 Å². The number of likely N-dealkylation sites (N-methyl/N-ethyl adjacent to an activating group) is 1. The highest BCUT2D eigenvalue weighted by atomic mass is 35.5. The lowest BCUT2D eigenvalue weighted by molar-refractivity contribution is 0.803. The summed E-state index contributed by atoms with van der Waals surface area (Å²) in [4.78, 5) is 5.84. The Labute approximate surface area is 109 Å². The van der Waals surface area contributed by atoms with E-state index in [-0.39, 0.29) is 0 Å². The van der Waals surface area contributed by atoms with Gasteiger partial charge in [-0.3, -0.25) is 10.3 Å². The van der Waals surface area contributed by atoms with Crippen molar-refractivity contribution in [3.05, 3.63) is 10.4 Å². The maximum Gasteiger partial charge on any atom is 0.204 e. The number of nitrogens with zero attached hydrogens (tertiary/aromatic N) is 4.